The Labute approximate surface area is 166 Å². The van der Waals surface area contributed by atoms with Crippen molar-refractivity contribution >= 4 is 52.7 Å². The largest absolute Gasteiger partial charge is 0.468 e. The number of nitrogens with one attached hydrogen (secondary N) is 2. The third kappa shape index (κ3) is 6.13. The molecule has 0 aliphatic rings. The van der Waals surface area contributed by atoms with Crippen LogP contribution in [-0.2, 0) is 14.3 Å². The molecular weight excluding hydrogens is 391 g/mol. The van der Waals surface area contributed by atoms with E-state index >= 15 is 0 Å². The summed E-state index contributed by atoms with van der Waals surface area (Å²) in [6, 6.07) is 11.3. The molecule has 0 fully saturated rings. The molecule has 6 nitrogen and oxygen atoms in total. The van der Waals surface area contributed by atoms with Crippen molar-refractivity contribution in [3.63, 3.8) is 0 Å². The van der Waals surface area contributed by atoms with Gasteiger partial charge in [0.05, 0.1) is 7.11 Å². The molecule has 2 amide bonds. The van der Waals surface area contributed by atoms with Crippen molar-refractivity contribution in [1.29, 1.82) is 0 Å². The van der Waals surface area contributed by atoms with E-state index in [1.54, 1.807) is 30.3 Å². The molecule has 0 unspecified atom stereocenters. The highest BCUT2D eigenvalue weighted by atomic mass is 35.5. The molecule has 2 aromatic carbocycles. The van der Waals surface area contributed by atoms with Gasteiger partial charge in [-0.2, -0.15) is 0 Å². The van der Waals surface area contributed by atoms with Crippen molar-refractivity contribution < 1.29 is 19.1 Å². The maximum Gasteiger partial charge on any atom is 0.325 e. The van der Waals surface area contributed by atoms with Gasteiger partial charge in [-0.15, -0.1) is 0 Å². The first-order valence-corrected chi connectivity index (χ1v) is 8.54. The number of anilines is 1. The number of halogens is 2. The quantitative estimate of drug-likeness (QED) is 0.567. The van der Waals surface area contributed by atoms with E-state index in [1.165, 1.54) is 31.4 Å². The van der Waals surface area contributed by atoms with Gasteiger partial charge in [0.2, 0.25) is 5.91 Å². The van der Waals surface area contributed by atoms with Crippen LogP contribution in [0.4, 0.5) is 5.69 Å². The van der Waals surface area contributed by atoms with Crippen molar-refractivity contribution in [3.8, 4) is 0 Å². The zero-order valence-corrected chi connectivity index (χ0v) is 15.8. The van der Waals surface area contributed by atoms with Crippen LogP contribution in [0, 0.1) is 0 Å². The van der Waals surface area contributed by atoms with E-state index in [1.807, 2.05) is 0 Å². The molecule has 0 bridgehead atoms. The monoisotopic (exact) mass is 406 g/mol. The normalized spacial score (nSPS) is 10.5. The van der Waals surface area contributed by atoms with E-state index in [9.17, 15) is 14.4 Å². The molecule has 27 heavy (non-hydrogen) atoms. The summed E-state index contributed by atoms with van der Waals surface area (Å²) in [7, 11) is 1.24. The van der Waals surface area contributed by atoms with Crippen LogP contribution in [0.3, 0.4) is 0 Å². The molecule has 0 saturated carbocycles. The summed E-state index contributed by atoms with van der Waals surface area (Å²) >= 11 is 12.1. The van der Waals surface area contributed by atoms with Gasteiger partial charge in [0.25, 0.3) is 5.91 Å². The van der Waals surface area contributed by atoms with E-state index in [-0.39, 0.29) is 12.5 Å². The van der Waals surface area contributed by atoms with Gasteiger partial charge in [0, 0.05) is 32.9 Å². The molecule has 0 atom stereocenters. The Bertz CT molecular complexity index is 860. The number of carbonyl (C=O) groups excluding carboxylic acids is 3. The zero-order chi connectivity index (χ0) is 19.8. The lowest BCUT2D eigenvalue weighted by Crippen LogP contribution is -2.30. The number of hydrogen-bond donors (Lipinski definition) is 2. The standard InChI is InChI=1S/C19H16Cl2N2O4/c1-27-18(25)11-22-19(26)12-5-7-13(8-6-12)23-17(24)10-9-14-15(20)3-2-4-16(14)21/h2-10H,11H2,1H3,(H,22,26)(H,23,24)/b10-9+. The van der Waals surface area contributed by atoms with Crippen LogP contribution in [0.25, 0.3) is 6.08 Å². The average molecular weight is 407 g/mol. The second-order valence-electron chi connectivity index (χ2n) is 5.29. The lowest BCUT2D eigenvalue weighted by atomic mass is 10.2. The maximum atomic E-state index is 12.0. The van der Waals surface area contributed by atoms with Crippen molar-refractivity contribution in [2.24, 2.45) is 0 Å². The third-order valence-electron chi connectivity index (χ3n) is 3.44. The fourth-order valence-electron chi connectivity index (χ4n) is 2.04. The fourth-order valence-corrected chi connectivity index (χ4v) is 2.57. The fraction of sp³-hybridized carbons (Fsp3) is 0.105. The molecule has 2 aromatic rings. The topological polar surface area (TPSA) is 84.5 Å². The highest BCUT2D eigenvalue weighted by Crippen LogP contribution is 2.25. The summed E-state index contributed by atoms with van der Waals surface area (Å²) < 4.78 is 4.44. The number of rotatable bonds is 6. The molecule has 0 aliphatic heterocycles. The predicted octanol–water partition coefficient (Wildman–Crippen LogP) is 3.55. The average Bonchev–Trinajstić information content (AvgIpc) is 2.66. The number of hydrogen-bond acceptors (Lipinski definition) is 4. The van der Waals surface area contributed by atoms with Gasteiger partial charge < -0.3 is 15.4 Å². The summed E-state index contributed by atoms with van der Waals surface area (Å²) in [5, 5.41) is 5.96. The van der Waals surface area contributed by atoms with Gasteiger partial charge in [0.15, 0.2) is 0 Å². The summed E-state index contributed by atoms with van der Waals surface area (Å²) in [6.45, 7) is -0.219. The van der Waals surface area contributed by atoms with Crippen LogP contribution in [0.5, 0.6) is 0 Å². The Kier molecular flexibility index (Phi) is 7.40. The van der Waals surface area contributed by atoms with Gasteiger partial charge in [-0.05, 0) is 42.5 Å². The molecule has 0 radical (unpaired) electrons. The molecule has 8 heteroatoms. The highest BCUT2D eigenvalue weighted by Gasteiger charge is 2.08. The minimum Gasteiger partial charge on any atom is -0.468 e. The molecule has 2 rings (SSSR count). The van der Waals surface area contributed by atoms with Crippen LogP contribution < -0.4 is 10.6 Å². The van der Waals surface area contributed by atoms with Gasteiger partial charge in [-0.25, -0.2) is 0 Å². The van der Waals surface area contributed by atoms with Gasteiger partial charge >= 0.3 is 5.97 Å². The van der Waals surface area contributed by atoms with Crippen molar-refractivity contribution in [3.05, 3.63) is 69.7 Å². The lowest BCUT2D eigenvalue weighted by molar-refractivity contribution is -0.139. The molecule has 0 aliphatic carbocycles. The predicted molar refractivity (Wildman–Crippen MR) is 105 cm³/mol. The van der Waals surface area contributed by atoms with Crippen LogP contribution >= 0.6 is 23.2 Å². The summed E-state index contributed by atoms with van der Waals surface area (Å²) in [4.78, 5) is 34.9. The molecular formula is C19H16Cl2N2O4. The van der Waals surface area contributed by atoms with E-state index in [0.717, 1.165) is 0 Å². The lowest BCUT2D eigenvalue weighted by Gasteiger charge is -2.06. The molecule has 0 saturated heterocycles. The first kappa shape index (κ1) is 20.5. The Morgan fingerprint density at radius 2 is 1.67 bits per heavy atom. The summed E-state index contributed by atoms with van der Waals surface area (Å²) in [6.07, 6.45) is 2.83. The van der Waals surface area contributed by atoms with Crippen LogP contribution in [-0.4, -0.2) is 31.4 Å². The third-order valence-corrected chi connectivity index (χ3v) is 4.10. The summed E-state index contributed by atoms with van der Waals surface area (Å²) in [5.74, 6) is -1.35. The second-order valence-corrected chi connectivity index (χ2v) is 6.11. The Morgan fingerprint density at radius 3 is 2.26 bits per heavy atom. The van der Waals surface area contributed by atoms with Gasteiger partial charge in [0.1, 0.15) is 6.54 Å². The van der Waals surface area contributed by atoms with Crippen molar-refractivity contribution in [2.75, 3.05) is 19.0 Å². The molecule has 0 spiro atoms. The van der Waals surface area contributed by atoms with E-state index < -0.39 is 11.9 Å². The van der Waals surface area contributed by atoms with E-state index in [0.29, 0.717) is 26.9 Å². The number of esters is 1. The highest BCUT2D eigenvalue weighted by molar-refractivity contribution is 6.37. The number of benzene rings is 2. The minimum absolute atomic E-state index is 0.219. The Hall–Kier alpha value is -2.83. The molecule has 2 N–H and O–H groups in total. The molecule has 0 aromatic heterocycles. The van der Waals surface area contributed by atoms with E-state index in [2.05, 4.69) is 15.4 Å². The van der Waals surface area contributed by atoms with E-state index in [4.69, 9.17) is 23.2 Å². The Balaban J connectivity index is 1.95. The minimum atomic E-state index is -0.544. The SMILES string of the molecule is COC(=O)CNC(=O)c1ccc(NC(=O)/C=C/c2c(Cl)cccc2Cl)cc1. The number of carbonyl (C=O) groups is 3. The van der Waals surface area contributed by atoms with Crippen molar-refractivity contribution in [1.82, 2.24) is 5.32 Å². The maximum absolute atomic E-state index is 12.0. The number of amides is 2. The van der Waals surface area contributed by atoms with Crippen LogP contribution in [0.1, 0.15) is 15.9 Å². The summed E-state index contributed by atoms with van der Waals surface area (Å²) in [5.41, 5.74) is 1.39. The molecule has 0 heterocycles. The second kappa shape index (κ2) is 9.75. The van der Waals surface area contributed by atoms with Crippen LogP contribution in [0.2, 0.25) is 10.0 Å². The zero-order valence-electron chi connectivity index (χ0n) is 14.3. The number of ether oxygens (including phenoxy) is 1. The van der Waals surface area contributed by atoms with Crippen molar-refractivity contribution in [2.45, 2.75) is 0 Å². The van der Waals surface area contributed by atoms with Gasteiger partial charge in [-0.1, -0.05) is 29.3 Å². The Morgan fingerprint density at radius 1 is 1.04 bits per heavy atom. The van der Waals surface area contributed by atoms with Gasteiger partial charge in [-0.3, -0.25) is 14.4 Å². The first-order chi connectivity index (χ1) is 12.9. The van der Waals surface area contributed by atoms with Crippen LogP contribution in [0.15, 0.2) is 48.5 Å². The molecule has 140 valence electrons. The smallest absolute Gasteiger partial charge is 0.325 e. The number of methoxy groups -OCH3 is 1. The first-order valence-electron chi connectivity index (χ1n) is 7.79.